The van der Waals surface area contributed by atoms with Crippen molar-refractivity contribution in [1.29, 1.82) is 0 Å². The number of carbonyl (C=O) groups is 2. The maximum Gasteiger partial charge on any atom is 0.296 e. The van der Waals surface area contributed by atoms with E-state index in [9.17, 15) is 14.7 Å². The summed E-state index contributed by atoms with van der Waals surface area (Å²) in [5.41, 5.74) is 3.20. The van der Waals surface area contributed by atoms with E-state index < -0.39 is 17.7 Å². The van der Waals surface area contributed by atoms with E-state index in [2.05, 4.69) is 0 Å². The van der Waals surface area contributed by atoms with Crippen molar-refractivity contribution in [2.75, 3.05) is 0 Å². The first kappa shape index (κ1) is 18.7. The van der Waals surface area contributed by atoms with Gasteiger partial charge in [0.2, 0.25) is 0 Å². The molecule has 1 unspecified atom stereocenters. The lowest BCUT2D eigenvalue weighted by molar-refractivity contribution is -0.140. The molecule has 1 aromatic heterocycles. The number of nitrogens with zero attached hydrogens (tertiary/aromatic N) is 1. The minimum Gasteiger partial charge on any atom is -0.507 e. The SMILES string of the molecule is Cc1ccc(C)c(C(O)=C2C(=O)C(=O)N(Cc3ccco3)C2c2ccccc2)c1. The van der Waals surface area contributed by atoms with E-state index in [1.165, 1.54) is 11.2 Å². The average molecular weight is 387 g/mol. The van der Waals surface area contributed by atoms with Crippen molar-refractivity contribution in [2.24, 2.45) is 0 Å². The van der Waals surface area contributed by atoms with Gasteiger partial charge in [-0.25, -0.2) is 0 Å². The van der Waals surface area contributed by atoms with Gasteiger partial charge in [0.05, 0.1) is 24.4 Å². The Balaban J connectivity index is 1.90. The minimum atomic E-state index is -0.693. The van der Waals surface area contributed by atoms with Crippen molar-refractivity contribution in [1.82, 2.24) is 4.90 Å². The quantitative estimate of drug-likeness (QED) is 0.406. The summed E-state index contributed by atoms with van der Waals surface area (Å²) in [6, 6.07) is 17.7. The minimum absolute atomic E-state index is 0.0986. The Morgan fingerprint density at radius 2 is 1.79 bits per heavy atom. The Hall–Kier alpha value is -3.60. The van der Waals surface area contributed by atoms with Crippen molar-refractivity contribution in [3.63, 3.8) is 0 Å². The van der Waals surface area contributed by atoms with Gasteiger partial charge in [0, 0.05) is 5.56 Å². The maximum atomic E-state index is 13.0. The zero-order valence-electron chi connectivity index (χ0n) is 16.3. The number of likely N-dealkylation sites (tertiary alicyclic amines) is 1. The van der Waals surface area contributed by atoms with Crippen LogP contribution in [0.4, 0.5) is 0 Å². The molecule has 0 spiro atoms. The number of amides is 1. The summed E-state index contributed by atoms with van der Waals surface area (Å²) in [6.45, 7) is 3.92. The molecule has 2 aromatic carbocycles. The number of ketones is 1. The van der Waals surface area contributed by atoms with Gasteiger partial charge in [0.15, 0.2) is 0 Å². The monoisotopic (exact) mass is 387 g/mol. The Morgan fingerprint density at radius 3 is 2.48 bits per heavy atom. The smallest absolute Gasteiger partial charge is 0.296 e. The predicted octanol–water partition coefficient (Wildman–Crippen LogP) is 4.52. The van der Waals surface area contributed by atoms with Gasteiger partial charge in [-0.1, -0.05) is 48.0 Å². The van der Waals surface area contributed by atoms with Crippen LogP contribution in [0.1, 0.15) is 34.1 Å². The van der Waals surface area contributed by atoms with E-state index in [-0.39, 0.29) is 17.9 Å². The highest BCUT2D eigenvalue weighted by atomic mass is 16.3. The van der Waals surface area contributed by atoms with E-state index in [1.54, 1.807) is 12.1 Å². The number of aryl methyl sites for hydroxylation is 2. The largest absolute Gasteiger partial charge is 0.507 e. The van der Waals surface area contributed by atoms with Crippen LogP contribution in [0.25, 0.3) is 5.76 Å². The number of Topliss-reactive ketones (excluding diaryl/α,β-unsaturated/α-hetero) is 1. The number of benzene rings is 2. The average Bonchev–Trinajstić information content (AvgIpc) is 3.32. The molecule has 29 heavy (non-hydrogen) atoms. The molecule has 3 aromatic rings. The molecule has 1 atom stereocenters. The fraction of sp³-hybridized carbons (Fsp3) is 0.167. The van der Waals surface area contributed by atoms with Crippen LogP contribution < -0.4 is 0 Å². The molecule has 2 heterocycles. The third-order valence-corrected chi connectivity index (χ3v) is 5.21. The van der Waals surface area contributed by atoms with Crippen LogP contribution in [0.15, 0.2) is 76.9 Å². The number of furan rings is 1. The highest BCUT2D eigenvalue weighted by Crippen LogP contribution is 2.40. The van der Waals surface area contributed by atoms with E-state index in [0.717, 1.165) is 16.7 Å². The topological polar surface area (TPSA) is 70.8 Å². The number of carbonyl (C=O) groups excluding carboxylic acids is 2. The van der Waals surface area contributed by atoms with Gasteiger partial charge >= 0.3 is 0 Å². The summed E-state index contributed by atoms with van der Waals surface area (Å²) in [5, 5.41) is 11.1. The van der Waals surface area contributed by atoms with Gasteiger partial charge in [0.1, 0.15) is 11.5 Å². The Kier molecular flexibility index (Phi) is 4.80. The van der Waals surface area contributed by atoms with Crippen LogP contribution in [-0.4, -0.2) is 21.7 Å². The first-order chi connectivity index (χ1) is 14.0. The molecule has 1 aliphatic heterocycles. The highest BCUT2D eigenvalue weighted by molar-refractivity contribution is 6.46. The zero-order chi connectivity index (χ0) is 20.5. The molecule has 0 radical (unpaired) electrons. The molecule has 0 saturated carbocycles. The number of hydrogen-bond acceptors (Lipinski definition) is 4. The molecule has 5 heteroatoms. The Morgan fingerprint density at radius 1 is 1.03 bits per heavy atom. The van der Waals surface area contributed by atoms with Crippen LogP contribution in [0.2, 0.25) is 0 Å². The lowest BCUT2D eigenvalue weighted by Gasteiger charge is -2.24. The lowest BCUT2D eigenvalue weighted by atomic mass is 9.93. The molecule has 1 fully saturated rings. The molecule has 5 nitrogen and oxygen atoms in total. The number of aliphatic hydroxyl groups is 1. The summed E-state index contributed by atoms with van der Waals surface area (Å²) in [6.07, 6.45) is 1.53. The third-order valence-electron chi connectivity index (χ3n) is 5.21. The fourth-order valence-electron chi connectivity index (χ4n) is 3.73. The molecule has 0 bridgehead atoms. The summed E-state index contributed by atoms with van der Waals surface area (Å²) in [5.74, 6) is -0.925. The van der Waals surface area contributed by atoms with Crippen molar-refractivity contribution in [3.8, 4) is 0 Å². The number of aliphatic hydroxyl groups excluding tert-OH is 1. The first-order valence-corrected chi connectivity index (χ1v) is 9.40. The second-order valence-corrected chi connectivity index (χ2v) is 7.24. The second-order valence-electron chi connectivity index (χ2n) is 7.24. The third kappa shape index (κ3) is 3.36. The van der Waals surface area contributed by atoms with Gasteiger partial charge in [-0.2, -0.15) is 0 Å². The summed E-state index contributed by atoms with van der Waals surface area (Å²) in [7, 11) is 0. The molecule has 1 amide bonds. The first-order valence-electron chi connectivity index (χ1n) is 9.40. The van der Waals surface area contributed by atoms with Crippen LogP contribution >= 0.6 is 0 Å². The van der Waals surface area contributed by atoms with Crippen molar-refractivity contribution in [2.45, 2.75) is 26.4 Å². The van der Waals surface area contributed by atoms with Gasteiger partial charge in [-0.15, -0.1) is 0 Å². The van der Waals surface area contributed by atoms with E-state index in [4.69, 9.17) is 4.42 Å². The van der Waals surface area contributed by atoms with Crippen LogP contribution in [0.3, 0.4) is 0 Å². The van der Waals surface area contributed by atoms with Crippen molar-refractivity contribution >= 4 is 17.4 Å². The van der Waals surface area contributed by atoms with Crippen LogP contribution in [0.5, 0.6) is 0 Å². The standard InChI is InChI=1S/C24H21NO4/c1-15-10-11-16(2)19(13-15)22(26)20-21(17-7-4-3-5-8-17)25(24(28)23(20)27)14-18-9-6-12-29-18/h3-13,21,26H,14H2,1-2H3. The molecule has 1 aliphatic rings. The molecular formula is C24H21NO4. The second kappa shape index (κ2) is 7.43. The fourth-order valence-corrected chi connectivity index (χ4v) is 3.73. The summed E-state index contributed by atoms with van der Waals surface area (Å²) in [4.78, 5) is 27.4. The predicted molar refractivity (Wildman–Crippen MR) is 109 cm³/mol. The van der Waals surface area contributed by atoms with Gasteiger partial charge in [-0.05, 0) is 43.2 Å². The normalized spacial score (nSPS) is 18.4. The molecule has 1 N–H and O–H groups in total. The van der Waals surface area contributed by atoms with Gasteiger partial charge in [0.25, 0.3) is 11.7 Å². The molecular weight excluding hydrogens is 366 g/mol. The molecule has 0 aliphatic carbocycles. The zero-order valence-corrected chi connectivity index (χ0v) is 16.3. The van der Waals surface area contributed by atoms with Gasteiger partial charge in [-0.3, -0.25) is 9.59 Å². The number of hydrogen-bond donors (Lipinski definition) is 1. The number of rotatable bonds is 4. The van der Waals surface area contributed by atoms with E-state index in [1.807, 2.05) is 62.4 Å². The Labute approximate surface area is 168 Å². The molecule has 4 rings (SSSR count). The van der Waals surface area contributed by atoms with Crippen molar-refractivity contribution in [3.05, 3.63) is 101 Å². The van der Waals surface area contributed by atoms with E-state index in [0.29, 0.717) is 11.3 Å². The van der Waals surface area contributed by atoms with E-state index >= 15 is 0 Å². The van der Waals surface area contributed by atoms with Crippen LogP contribution in [-0.2, 0) is 16.1 Å². The molecule has 1 saturated heterocycles. The highest BCUT2D eigenvalue weighted by Gasteiger charge is 2.46. The Bertz CT molecular complexity index is 1100. The summed E-state index contributed by atoms with van der Waals surface area (Å²) < 4.78 is 5.39. The van der Waals surface area contributed by atoms with Crippen LogP contribution in [0, 0.1) is 13.8 Å². The van der Waals surface area contributed by atoms with Crippen molar-refractivity contribution < 1.29 is 19.1 Å². The maximum absolute atomic E-state index is 13.0. The summed E-state index contributed by atoms with van der Waals surface area (Å²) >= 11 is 0. The van der Waals surface area contributed by atoms with Gasteiger partial charge < -0.3 is 14.4 Å². The lowest BCUT2D eigenvalue weighted by Crippen LogP contribution is -2.29. The molecule has 146 valence electrons.